The van der Waals surface area contributed by atoms with Gasteiger partial charge in [0.15, 0.2) is 5.69 Å². The van der Waals surface area contributed by atoms with Gasteiger partial charge in [0.1, 0.15) is 0 Å². The molecule has 1 heterocycles. The molecule has 1 aromatic heterocycles. The summed E-state index contributed by atoms with van der Waals surface area (Å²) in [7, 11) is 1.57. The highest BCUT2D eigenvalue weighted by Gasteiger charge is 2.35. The van der Waals surface area contributed by atoms with Crippen LogP contribution in [0.15, 0.2) is 0 Å². The summed E-state index contributed by atoms with van der Waals surface area (Å²) in [6.07, 6.45) is 0.208. The first kappa shape index (κ1) is 15.8. The van der Waals surface area contributed by atoms with Crippen LogP contribution in [0.25, 0.3) is 0 Å². The average molecular weight is 302 g/mol. The Morgan fingerprint density at radius 3 is 2.71 bits per heavy atom. The Morgan fingerprint density at radius 2 is 2.10 bits per heavy atom. The normalized spacial score (nSPS) is 18.7. The number of methoxy groups -OCH3 is 1. The van der Waals surface area contributed by atoms with Gasteiger partial charge in [-0.15, -0.1) is 5.10 Å². The summed E-state index contributed by atoms with van der Waals surface area (Å²) in [6, 6.07) is -0.222. The van der Waals surface area contributed by atoms with E-state index in [1.54, 1.807) is 14.0 Å². The molecule has 0 aromatic carbocycles. The Balaban J connectivity index is 1.93. The Kier molecular flexibility index (Phi) is 4.87. The zero-order valence-corrected chi connectivity index (χ0v) is 12.2. The second-order valence-electron chi connectivity index (χ2n) is 5.33. The van der Waals surface area contributed by atoms with Crippen LogP contribution in [-0.2, 0) is 11.3 Å². The second-order valence-corrected chi connectivity index (χ2v) is 5.33. The minimum Gasteiger partial charge on any atom is -0.383 e. The van der Waals surface area contributed by atoms with Crippen molar-refractivity contribution in [2.45, 2.75) is 51.1 Å². The number of ether oxygens (including phenoxy) is 1. The Morgan fingerprint density at radius 1 is 1.43 bits per heavy atom. The number of nitrogens with one attached hydrogen (secondary N) is 1. The molecule has 1 aromatic rings. The van der Waals surface area contributed by atoms with E-state index in [-0.39, 0.29) is 43.3 Å². The molecule has 2 rings (SSSR count). The summed E-state index contributed by atoms with van der Waals surface area (Å²) in [5.41, 5.74) is 0.758. The Labute approximate surface area is 121 Å². The molecule has 1 saturated carbocycles. The van der Waals surface area contributed by atoms with Gasteiger partial charge >= 0.3 is 0 Å². The van der Waals surface area contributed by atoms with Crippen molar-refractivity contribution < 1.29 is 18.3 Å². The van der Waals surface area contributed by atoms with E-state index in [0.29, 0.717) is 18.8 Å². The highest BCUT2D eigenvalue weighted by molar-refractivity contribution is 5.93. The largest absolute Gasteiger partial charge is 0.383 e. The molecule has 0 saturated heterocycles. The first-order valence-corrected chi connectivity index (χ1v) is 7.00. The quantitative estimate of drug-likeness (QED) is 0.896. The van der Waals surface area contributed by atoms with Crippen LogP contribution in [0.2, 0.25) is 0 Å². The Hall–Kier alpha value is -1.57. The van der Waals surface area contributed by atoms with Gasteiger partial charge in [-0.2, -0.15) is 9.90 Å². The molecule has 1 amide bonds. The lowest BCUT2D eigenvalue weighted by molar-refractivity contribution is -0.0399. The van der Waals surface area contributed by atoms with Gasteiger partial charge in [-0.1, -0.05) is 0 Å². The molecule has 0 atom stereocenters. The molecule has 8 heteroatoms. The molecule has 0 unspecified atom stereocenters. The van der Waals surface area contributed by atoms with Gasteiger partial charge in [0.2, 0.25) is 5.92 Å². The van der Waals surface area contributed by atoms with Crippen LogP contribution in [0, 0.1) is 6.92 Å². The van der Waals surface area contributed by atoms with Crippen molar-refractivity contribution in [3.05, 3.63) is 11.4 Å². The molecule has 0 bridgehead atoms. The summed E-state index contributed by atoms with van der Waals surface area (Å²) >= 11 is 0. The van der Waals surface area contributed by atoms with E-state index in [1.807, 2.05) is 0 Å². The van der Waals surface area contributed by atoms with Crippen molar-refractivity contribution >= 4 is 5.91 Å². The third-order valence-corrected chi connectivity index (χ3v) is 3.59. The lowest BCUT2D eigenvalue weighted by Gasteiger charge is -2.28. The highest BCUT2D eigenvalue weighted by atomic mass is 19.3. The average Bonchev–Trinajstić information content (AvgIpc) is 2.80. The van der Waals surface area contributed by atoms with Crippen molar-refractivity contribution in [1.82, 2.24) is 20.3 Å². The number of halogens is 2. The lowest BCUT2D eigenvalue weighted by Crippen LogP contribution is -2.40. The SMILES string of the molecule is COCCn1nc(C)c(C(=O)NC2CCC(F)(F)CC2)n1. The molecule has 0 aliphatic heterocycles. The standard InChI is InChI=1S/C13H20F2N4O2/c1-9-11(18-19(17-9)7-8-21-2)12(20)16-10-3-5-13(14,15)6-4-10/h10H,3-8H2,1-2H3,(H,16,20). The van der Waals surface area contributed by atoms with Crippen molar-refractivity contribution in [1.29, 1.82) is 0 Å². The predicted molar refractivity (Wildman–Crippen MR) is 71.3 cm³/mol. The van der Waals surface area contributed by atoms with Gasteiger partial charge in [0.25, 0.3) is 5.91 Å². The number of rotatable bonds is 5. The molecule has 0 spiro atoms. The minimum absolute atomic E-state index is 0.183. The zero-order chi connectivity index (χ0) is 15.5. The molecule has 118 valence electrons. The van der Waals surface area contributed by atoms with E-state index in [4.69, 9.17) is 4.74 Å². The van der Waals surface area contributed by atoms with Crippen LogP contribution in [0.4, 0.5) is 8.78 Å². The van der Waals surface area contributed by atoms with Gasteiger partial charge in [0, 0.05) is 26.0 Å². The topological polar surface area (TPSA) is 69.0 Å². The van der Waals surface area contributed by atoms with E-state index < -0.39 is 5.92 Å². The van der Waals surface area contributed by atoms with Crippen molar-refractivity contribution in [3.8, 4) is 0 Å². The maximum atomic E-state index is 13.1. The molecule has 6 nitrogen and oxygen atoms in total. The molecule has 1 N–H and O–H groups in total. The van der Waals surface area contributed by atoms with Crippen LogP contribution in [-0.4, -0.2) is 46.6 Å². The minimum atomic E-state index is -2.60. The summed E-state index contributed by atoms with van der Waals surface area (Å²) in [6.45, 7) is 2.60. The van der Waals surface area contributed by atoms with Gasteiger partial charge in [-0.05, 0) is 19.8 Å². The fourth-order valence-electron chi connectivity index (χ4n) is 2.35. The molecular weight excluding hydrogens is 282 g/mol. The smallest absolute Gasteiger partial charge is 0.273 e. The number of carbonyl (C=O) groups excluding carboxylic acids is 1. The van der Waals surface area contributed by atoms with Gasteiger partial charge in [-0.25, -0.2) is 8.78 Å². The maximum absolute atomic E-state index is 13.1. The van der Waals surface area contributed by atoms with Crippen LogP contribution in [0.1, 0.15) is 41.9 Å². The molecule has 21 heavy (non-hydrogen) atoms. The van der Waals surface area contributed by atoms with Crippen molar-refractivity contribution in [3.63, 3.8) is 0 Å². The highest BCUT2D eigenvalue weighted by Crippen LogP contribution is 2.33. The summed E-state index contributed by atoms with van der Waals surface area (Å²) < 4.78 is 31.1. The molecule has 1 aliphatic rings. The Bertz CT molecular complexity index is 494. The number of carbonyl (C=O) groups is 1. The van der Waals surface area contributed by atoms with Crippen LogP contribution in [0.3, 0.4) is 0 Å². The number of hydrogen-bond donors (Lipinski definition) is 1. The van der Waals surface area contributed by atoms with Crippen molar-refractivity contribution in [2.24, 2.45) is 0 Å². The van der Waals surface area contributed by atoms with Crippen LogP contribution >= 0.6 is 0 Å². The third-order valence-electron chi connectivity index (χ3n) is 3.59. The zero-order valence-electron chi connectivity index (χ0n) is 12.2. The fourth-order valence-corrected chi connectivity index (χ4v) is 2.35. The molecule has 1 fully saturated rings. The monoisotopic (exact) mass is 302 g/mol. The molecule has 1 aliphatic carbocycles. The van der Waals surface area contributed by atoms with Crippen molar-refractivity contribution in [2.75, 3.05) is 13.7 Å². The maximum Gasteiger partial charge on any atom is 0.273 e. The van der Waals surface area contributed by atoms with E-state index in [2.05, 4.69) is 15.5 Å². The third kappa shape index (κ3) is 4.20. The first-order valence-electron chi connectivity index (χ1n) is 7.00. The number of alkyl halides is 2. The van der Waals surface area contributed by atoms with E-state index in [0.717, 1.165) is 0 Å². The first-order chi connectivity index (χ1) is 9.91. The molecular formula is C13H20F2N4O2. The summed E-state index contributed by atoms with van der Waals surface area (Å²) in [5, 5.41) is 11.0. The van der Waals surface area contributed by atoms with Gasteiger partial charge < -0.3 is 10.1 Å². The fraction of sp³-hybridized carbons (Fsp3) is 0.769. The van der Waals surface area contributed by atoms with Gasteiger partial charge in [0.05, 0.1) is 18.8 Å². The van der Waals surface area contributed by atoms with E-state index in [9.17, 15) is 13.6 Å². The lowest BCUT2D eigenvalue weighted by atomic mass is 9.92. The van der Waals surface area contributed by atoms with E-state index >= 15 is 0 Å². The second kappa shape index (κ2) is 6.46. The number of hydrogen-bond acceptors (Lipinski definition) is 4. The summed E-state index contributed by atoms with van der Waals surface area (Å²) in [5.74, 6) is -2.95. The van der Waals surface area contributed by atoms with E-state index in [1.165, 1.54) is 4.80 Å². The van der Waals surface area contributed by atoms with Crippen LogP contribution < -0.4 is 5.32 Å². The summed E-state index contributed by atoms with van der Waals surface area (Å²) in [4.78, 5) is 13.5. The van der Waals surface area contributed by atoms with Crippen LogP contribution in [0.5, 0.6) is 0 Å². The number of aryl methyl sites for hydroxylation is 1. The van der Waals surface area contributed by atoms with Gasteiger partial charge in [-0.3, -0.25) is 4.79 Å². The number of aromatic nitrogens is 3. The number of nitrogens with zero attached hydrogens (tertiary/aromatic N) is 3. The number of amides is 1. The predicted octanol–water partition coefficient (Wildman–Crippen LogP) is 1.54. The molecule has 0 radical (unpaired) electrons.